The molecule has 0 radical (unpaired) electrons. The van der Waals surface area contributed by atoms with Crippen molar-refractivity contribution < 1.29 is 22.5 Å². The number of nitrogens with one attached hydrogen (secondary N) is 1. The Hall–Kier alpha value is -1.44. The molecule has 1 heterocycles. The first kappa shape index (κ1) is 16.6. The minimum atomic E-state index is -4.02. The van der Waals surface area contributed by atoms with Crippen molar-refractivity contribution in [1.82, 2.24) is 5.32 Å². The number of ether oxygens (including phenoxy) is 1. The van der Waals surface area contributed by atoms with Crippen molar-refractivity contribution in [2.75, 3.05) is 19.7 Å². The maximum absolute atomic E-state index is 10.5. The van der Waals surface area contributed by atoms with Crippen LogP contribution in [0.3, 0.4) is 0 Å². The van der Waals surface area contributed by atoms with Crippen LogP contribution in [0.2, 0.25) is 0 Å². The van der Waals surface area contributed by atoms with Crippen LogP contribution in [0.1, 0.15) is 12.0 Å². The van der Waals surface area contributed by atoms with Crippen LogP contribution in [0.5, 0.6) is 0 Å². The van der Waals surface area contributed by atoms with Crippen LogP contribution in [0.4, 0.5) is 0 Å². The molecule has 2 rings (SSSR count). The van der Waals surface area contributed by atoms with E-state index in [2.05, 4.69) is 10.1 Å². The monoisotopic (exact) mass is 301 g/mol. The highest BCUT2D eigenvalue weighted by Gasteiger charge is 2.15. The van der Waals surface area contributed by atoms with Gasteiger partial charge < -0.3 is 10.1 Å². The van der Waals surface area contributed by atoms with Gasteiger partial charge in [0, 0.05) is 0 Å². The van der Waals surface area contributed by atoms with Gasteiger partial charge in [-0.1, -0.05) is 17.7 Å². The average Bonchev–Trinajstić information content (AvgIpc) is 2.33. The molecule has 6 nitrogen and oxygen atoms in total. The van der Waals surface area contributed by atoms with Crippen LogP contribution in [-0.2, 0) is 19.6 Å². The van der Waals surface area contributed by atoms with Crippen molar-refractivity contribution in [3.8, 4) is 0 Å². The minimum absolute atomic E-state index is 0.0666. The molecule has 1 aliphatic heterocycles. The summed E-state index contributed by atoms with van der Waals surface area (Å²) in [5.74, 6) is 0.741. The first-order chi connectivity index (χ1) is 9.43. The van der Waals surface area contributed by atoms with Crippen LogP contribution in [-0.4, -0.2) is 39.1 Å². The first-order valence-corrected chi connectivity index (χ1v) is 7.67. The Kier molecular flexibility index (Phi) is 6.63. The second-order valence-corrected chi connectivity index (χ2v) is 5.99. The molecule has 0 aromatic heterocycles. The van der Waals surface area contributed by atoms with Gasteiger partial charge in [0.1, 0.15) is 0 Å². The van der Waals surface area contributed by atoms with Crippen molar-refractivity contribution in [3.63, 3.8) is 0 Å². The smallest absolute Gasteiger partial charge is 0.294 e. The highest BCUT2D eigenvalue weighted by atomic mass is 32.2. The fourth-order valence-electron chi connectivity index (χ4n) is 1.55. The third-order valence-electron chi connectivity index (χ3n) is 2.90. The molecule has 0 saturated carbocycles. The zero-order valence-electron chi connectivity index (χ0n) is 11.3. The van der Waals surface area contributed by atoms with Crippen molar-refractivity contribution >= 4 is 16.6 Å². The van der Waals surface area contributed by atoms with Gasteiger partial charge >= 0.3 is 0 Å². The highest BCUT2D eigenvalue weighted by molar-refractivity contribution is 7.85. The summed E-state index contributed by atoms with van der Waals surface area (Å²) in [6, 6.07) is 5.99. The van der Waals surface area contributed by atoms with Gasteiger partial charge in [-0.25, -0.2) is 0 Å². The fraction of sp³-hybridized carbons (Fsp3) is 0.462. The van der Waals surface area contributed by atoms with E-state index in [4.69, 9.17) is 4.55 Å². The molecule has 1 saturated heterocycles. The SMILES string of the molecule is Cc1ccc(S(=O)(=O)O)cc1.O=COCCC1CNC1. The molecule has 0 spiro atoms. The second kappa shape index (κ2) is 7.98. The zero-order valence-corrected chi connectivity index (χ0v) is 12.1. The van der Waals surface area contributed by atoms with Crippen LogP contribution in [0.15, 0.2) is 29.2 Å². The average molecular weight is 301 g/mol. The molecule has 0 unspecified atom stereocenters. The Balaban J connectivity index is 0.000000204. The molecule has 20 heavy (non-hydrogen) atoms. The predicted molar refractivity (Wildman–Crippen MR) is 74.0 cm³/mol. The molecule has 0 amide bonds. The lowest BCUT2D eigenvalue weighted by Crippen LogP contribution is -2.42. The lowest BCUT2D eigenvalue weighted by molar-refractivity contribution is -0.129. The van der Waals surface area contributed by atoms with E-state index < -0.39 is 10.1 Å². The molecular weight excluding hydrogens is 282 g/mol. The number of hydrogen-bond donors (Lipinski definition) is 2. The Bertz CT molecular complexity index is 508. The van der Waals surface area contributed by atoms with Crippen molar-refractivity contribution in [1.29, 1.82) is 0 Å². The maximum Gasteiger partial charge on any atom is 0.294 e. The number of rotatable bonds is 5. The number of hydrogen-bond acceptors (Lipinski definition) is 5. The lowest BCUT2D eigenvalue weighted by Gasteiger charge is -2.26. The van der Waals surface area contributed by atoms with Gasteiger partial charge in [0.15, 0.2) is 0 Å². The summed E-state index contributed by atoms with van der Waals surface area (Å²) in [5, 5.41) is 3.14. The van der Waals surface area contributed by atoms with Gasteiger partial charge in [0.25, 0.3) is 16.6 Å². The van der Waals surface area contributed by atoms with E-state index in [0.29, 0.717) is 13.1 Å². The van der Waals surface area contributed by atoms with E-state index in [-0.39, 0.29) is 4.90 Å². The standard InChI is InChI=1S/C7H8O3S.C6H11NO2/c1-6-2-4-7(5-3-6)11(8,9)10;8-5-9-2-1-6-3-7-4-6/h2-5H,1H3,(H,8,9,10);5-7H,1-4H2. The summed E-state index contributed by atoms with van der Waals surface area (Å²) in [7, 11) is -4.02. The normalized spacial score (nSPS) is 14.7. The van der Waals surface area contributed by atoms with Gasteiger partial charge in [0.2, 0.25) is 0 Å². The van der Waals surface area contributed by atoms with Crippen molar-refractivity contribution in [2.45, 2.75) is 18.2 Å². The molecule has 1 fully saturated rings. The van der Waals surface area contributed by atoms with Gasteiger partial charge in [-0.15, -0.1) is 0 Å². The topological polar surface area (TPSA) is 92.7 Å². The zero-order chi connectivity index (χ0) is 15.0. The van der Waals surface area contributed by atoms with Crippen LogP contribution >= 0.6 is 0 Å². The van der Waals surface area contributed by atoms with Crippen LogP contribution in [0.25, 0.3) is 0 Å². The number of benzene rings is 1. The van der Waals surface area contributed by atoms with E-state index in [1.807, 2.05) is 6.92 Å². The van der Waals surface area contributed by atoms with Gasteiger partial charge in [-0.3, -0.25) is 9.35 Å². The molecule has 1 aromatic carbocycles. The maximum atomic E-state index is 10.5. The Morgan fingerprint density at radius 3 is 2.35 bits per heavy atom. The number of carbonyl (C=O) groups excluding carboxylic acids is 1. The highest BCUT2D eigenvalue weighted by Crippen LogP contribution is 2.08. The predicted octanol–water partition coefficient (Wildman–Crippen LogP) is 1.01. The van der Waals surface area contributed by atoms with E-state index in [1.165, 1.54) is 12.1 Å². The minimum Gasteiger partial charge on any atom is -0.468 e. The Morgan fingerprint density at radius 1 is 1.35 bits per heavy atom. The van der Waals surface area contributed by atoms with E-state index >= 15 is 0 Å². The summed E-state index contributed by atoms with van der Waals surface area (Å²) < 4.78 is 34.1. The lowest BCUT2D eigenvalue weighted by atomic mass is 10.0. The molecule has 2 N–H and O–H groups in total. The second-order valence-electron chi connectivity index (χ2n) is 4.57. The van der Waals surface area contributed by atoms with Crippen molar-refractivity contribution in [3.05, 3.63) is 29.8 Å². The summed E-state index contributed by atoms with van der Waals surface area (Å²) in [6.45, 7) is 5.10. The molecule has 1 aromatic rings. The van der Waals surface area contributed by atoms with Gasteiger partial charge in [-0.05, 0) is 44.5 Å². The van der Waals surface area contributed by atoms with E-state index in [9.17, 15) is 13.2 Å². The van der Waals surface area contributed by atoms with E-state index in [0.717, 1.165) is 31.0 Å². The first-order valence-electron chi connectivity index (χ1n) is 6.23. The number of aryl methyl sites for hydroxylation is 1. The number of carbonyl (C=O) groups is 1. The quantitative estimate of drug-likeness (QED) is 0.479. The molecule has 112 valence electrons. The summed E-state index contributed by atoms with van der Waals surface area (Å²) in [4.78, 5) is 9.59. The summed E-state index contributed by atoms with van der Waals surface area (Å²) in [6.07, 6.45) is 1.01. The molecule has 0 bridgehead atoms. The van der Waals surface area contributed by atoms with Crippen LogP contribution in [0, 0.1) is 12.8 Å². The summed E-state index contributed by atoms with van der Waals surface area (Å²) >= 11 is 0. The fourth-order valence-corrected chi connectivity index (χ4v) is 2.03. The van der Waals surface area contributed by atoms with Crippen molar-refractivity contribution in [2.24, 2.45) is 5.92 Å². The van der Waals surface area contributed by atoms with Crippen LogP contribution < -0.4 is 5.32 Å². The molecular formula is C13H19NO5S. The molecule has 1 aliphatic rings. The molecule has 0 aliphatic carbocycles. The van der Waals surface area contributed by atoms with Gasteiger partial charge in [-0.2, -0.15) is 8.42 Å². The van der Waals surface area contributed by atoms with E-state index in [1.54, 1.807) is 12.1 Å². The third-order valence-corrected chi connectivity index (χ3v) is 3.76. The Morgan fingerprint density at radius 2 is 1.95 bits per heavy atom. The molecule has 7 heteroatoms. The molecule has 0 atom stereocenters. The van der Waals surface area contributed by atoms with Gasteiger partial charge in [0.05, 0.1) is 11.5 Å². The third kappa shape index (κ3) is 6.14. The largest absolute Gasteiger partial charge is 0.468 e. The Labute approximate surface area is 118 Å². The summed E-state index contributed by atoms with van der Waals surface area (Å²) in [5.41, 5.74) is 0.956.